The van der Waals surface area contributed by atoms with Crippen molar-refractivity contribution in [2.45, 2.75) is 30.8 Å². The molecule has 1 heterocycles. The van der Waals surface area contributed by atoms with E-state index in [0.717, 1.165) is 12.0 Å². The van der Waals surface area contributed by atoms with Gasteiger partial charge in [0.25, 0.3) is 0 Å². The van der Waals surface area contributed by atoms with E-state index in [9.17, 15) is 4.79 Å². The number of hydrogen-bond acceptors (Lipinski definition) is 4. The standard InChI is InChI=1S/C13H16ClN5OS/c1-2-5-19-12(20)17-18-13(19)21-7-9-4-3-8(11(15)16)6-10(9)14/h3-4,6H,2,5,7H2,1H3,(H3,15,16)(H,17,20). The molecule has 0 spiro atoms. The second-order valence-corrected chi connectivity index (χ2v) is 5.82. The number of nitrogen functional groups attached to an aromatic ring is 1. The van der Waals surface area contributed by atoms with Crippen LogP contribution in [0.5, 0.6) is 0 Å². The van der Waals surface area contributed by atoms with Crippen LogP contribution in [-0.4, -0.2) is 20.6 Å². The number of rotatable bonds is 6. The van der Waals surface area contributed by atoms with Gasteiger partial charge in [0, 0.05) is 22.9 Å². The first-order chi connectivity index (χ1) is 10.0. The molecule has 112 valence electrons. The van der Waals surface area contributed by atoms with Crippen molar-refractivity contribution < 1.29 is 0 Å². The topological polar surface area (TPSA) is 101 Å². The third-order valence-corrected chi connectivity index (χ3v) is 4.27. The highest BCUT2D eigenvalue weighted by atomic mass is 35.5. The number of nitrogens with zero attached hydrogens (tertiary/aromatic N) is 2. The maximum atomic E-state index is 11.6. The fourth-order valence-corrected chi connectivity index (χ4v) is 3.11. The first-order valence-electron chi connectivity index (χ1n) is 6.43. The number of thioether (sulfide) groups is 1. The number of H-pyrrole nitrogens is 1. The lowest BCUT2D eigenvalue weighted by Gasteiger charge is -2.07. The van der Waals surface area contributed by atoms with Gasteiger partial charge in [-0.1, -0.05) is 42.4 Å². The molecule has 0 radical (unpaired) electrons. The van der Waals surface area contributed by atoms with Gasteiger partial charge < -0.3 is 5.73 Å². The Morgan fingerprint density at radius 1 is 1.57 bits per heavy atom. The summed E-state index contributed by atoms with van der Waals surface area (Å²) in [7, 11) is 0. The molecule has 2 aromatic rings. The van der Waals surface area contributed by atoms with Gasteiger partial charge in [0.2, 0.25) is 0 Å². The number of nitrogens with two attached hydrogens (primary N) is 1. The van der Waals surface area contributed by atoms with Crippen LogP contribution < -0.4 is 11.4 Å². The van der Waals surface area contributed by atoms with Crippen molar-refractivity contribution in [1.82, 2.24) is 14.8 Å². The van der Waals surface area contributed by atoms with Gasteiger partial charge in [-0.3, -0.25) is 9.98 Å². The van der Waals surface area contributed by atoms with Gasteiger partial charge in [-0.15, -0.1) is 5.10 Å². The van der Waals surface area contributed by atoms with Crippen LogP contribution in [0.25, 0.3) is 0 Å². The molecule has 0 atom stereocenters. The monoisotopic (exact) mass is 325 g/mol. The van der Waals surface area contributed by atoms with E-state index in [0.29, 0.717) is 28.0 Å². The molecule has 2 rings (SSSR count). The molecule has 0 unspecified atom stereocenters. The molecule has 0 saturated heterocycles. The average Bonchev–Trinajstić information content (AvgIpc) is 2.79. The summed E-state index contributed by atoms with van der Waals surface area (Å²) in [6, 6.07) is 5.26. The smallest absolute Gasteiger partial charge is 0.343 e. The molecule has 0 aliphatic rings. The molecule has 6 nitrogen and oxygen atoms in total. The predicted octanol–water partition coefficient (Wildman–Crippen LogP) is 2.21. The molecule has 1 aromatic heterocycles. The van der Waals surface area contributed by atoms with Crippen molar-refractivity contribution in [3.63, 3.8) is 0 Å². The van der Waals surface area contributed by atoms with Crippen molar-refractivity contribution in [3.05, 3.63) is 44.8 Å². The fraction of sp³-hybridized carbons (Fsp3) is 0.308. The third kappa shape index (κ3) is 3.68. The summed E-state index contributed by atoms with van der Waals surface area (Å²) in [5.74, 6) is 0.575. The van der Waals surface area contributed by atoms with Crippen LogP contribution >= 0.6 is 23.4 Å². The number of aromatic amines is 1. The van der Waals surface area contributed by atoms with E-state index in [-0.39, 0.29) is 11.5 Å². The summed E-state index contributed by atoms with van der Waals surface area (Å²) in [6.45, 7) is 2.64. The summed E-state index contributed by atoms with van der Waals surface area (Å²) in [5, 5.41) is 15.0. The molecule has 4 N–H and O–H groups in total. The second kappa shape index (κ2) is 6.82. The van der Waals surface area contributed by atoms with Crippen molar-refractivity contribution in [2.24, 2.45) is 5.73 Å². The Labute approximate surface area is 131 Å². The zero-order valence-corrected chi connectivity index (χ0v) is 13.1. The van der Waals surface area contributed by atoms with Gasteiger partial charge in [0.15, 0.2) is 5.16 Å². The van der Waals surface area contributed by atoms with E-state index in [1.165, 1.54) is 11.8 Å². The van der Waals surface area contributed by atoms with Crippen LogP contribution in [0.3, 0.4) is 0 Å². The van der Waals surface area contributed by atoms with Gasteiger partial charge in [0.1, 0.15) is 5.84 Å². The SMILES string of the molecule is CCCn1c(SCc2ccc(C(=N)N)cc2Cl)n[nH]c1=O. The minimum atomic E-state index is -0.197. The first-order valence-corrected chi connectivity index (χ1v) is 7.80. The molecule has 0 bridgehead atoms. The summed E-state index contributed by atoms with van der Waals surface area (Å²) in [6.07, 6.45) is 0.862. The van der Waals surface area contributed by atoms with Gasteiger partial charge in [-0.2, -0.15) is 0 Å². The Balaban J connectivity index is 2.13. The highest BCUT2D eigenvalue weighted by Gasteiger charge is 2.10. The van der Waals surface area contributed by atoms with E-state index >= 15 is 0 Å². The lowest BCUT2D eigenvalue weighted by atomic mass is 10.1. The van der Waals surface area contributed by atoms with E-state index in [1.54, 1.807) is 16.7 Å². The van der Waals surface area contributed by atoms with Crippen molar-refractivity contribution >= 4 is 29.2 Å². The molecule has 0 fully saturated rings. The van der Waals surface area contributed by atoms with Crippen LogP contribution in [0.15, 0.2) is 28.2 Å². The van der Waals surface area contributed by atoms with Crippen LogP contribution in [0.2, 0.25) is 5.02 Å². The first kappa shape index (κ1) is 15.7. The highest BCUT2D eigenvalue weighted by Crippen LogP contribution is 2.25. The average molecular weight is 326 g/mol. The Morgan fingerprint density at radius 3 is 2.95 bits per heavy atom. The van der Waals surface area contributed by atoms with E-state index in [2.05, 4.69) is 10.2 Å². The highest BCUT2D eigenvalue weighted by molar-refractivity contribution is 7.98. The Hall–Kier alpha value is -1.73. The van der Waals surface area contributed by atoms with Crippen molar-refractivity contribution in [1.29, 1.82) is 5.41 Å². The molecule has 8 heteroatoms. The maximum absolute atomic E-state index is 11.6. The number of nitrogens with one attached hydrogen (secondary N) is 2. The molecule has 0 saturated carbocycles. The maximum Gasteiger partial charge on any atom is 0.343 e. The van der Waals surface area contributed by atoms with Gasteiger partial charge in [-0.25, -0.2) is 9.89 Å². The predicted molar refractivity (Wildman–Crippen MR) is 85.2 cm³/mol. The van der Waals surface area contributed by atoms with Crippen molar-refractivity contribution in [2.75, 3.05) is 0 Å². The van der Waals surface area contributed by atoms with Gasteiger partial charge >= 0.3 is 5.69 Å². The fourth-order valence-electron chi connectivity index (χ4n) is 1.81. The normalized spacial score (nSPS) is 10.8. The largest absolute Gasteiger partial charge is 0.384 e. The number of hydrogen-bond donors (Lipinski definition) is 3. The summed E-state index contributed by atoms with van der Waals surface area (Å²) in [4.78, 5) is 11.6. The quantitative estimate of drug-likeness (QED) is 0.430. The van der Waals surface area contributed by atoms with E-state index in [4.69, 9.17) is 22.7 Å². The van der Waals surface area contributed by atoms with Gasteiger partial charge in [-0.05, 0) is 18.1 Å². The van der Waals surface area contributed by atoms with Gasteiger partial charge in [0.05, 0.1) is 0 Å². The zero-order valence-electron chi connectivity index (χ0n) is 11.5. The number of aromatic nitrogens is 3. The lowest BCUT2D eigenvalue weighted by Crippen LogP contribution is -2.17. The van der Waals surface area contributed by atoms with Crippen LogP contribution in [-0.2, 0) is 12.3 Å². The molecule has 0 aliphatic heterocycles. The Bertz CT molecular complexity index is 709. The molecule has 1 aromatic carbocycles. The summed E-state index contributed by atoms with van der Waals surface area (Å²) in [5.41, 5.74) is 6.73. The van der Waals surface area contributed by atoms with Crippen molar-refractivity contribution in [3.8, 4) is 0 Å². The third-order valence-electron chi connectivity index (χ3n) is 2.89. The second-order valence-electron chi connectivity index (χ2n) is 4.47. The minimum absolute atomic E-state index is 0.0137. The number of amidine groups is 1. The summed E-state index contributed by atoms with van der Waals surface area (Å²) >= 11 is 7.62. The van der Waals surface area contributed by atoms with E-state index in [1.807, 2.05) is 13.0 Å². The van der Waals surface area contributed by atoms with Crippen LogP contribution in [0, 0.1) is 5.41 Å². The molecular weight excluding hydrogens is 310 g/mol. The number of halogens is 1. The zero-order chi connectivity index (χ0) is 15.4. The Morgan fingerprint density at radius 2 is 2.33 bits per heavy atom. The van der Waals surface area contributed by atoms with Crippen LogP contribution in [0.1, 0.15) is 24.5 Å². The summed E-state index contributed by atoms with van der Waals surface area (Å²) < 4.78 is 1.61. The molecule has 0 amide bonds. The van der Waals surface area contributed by atoms with Crippen LogP contribution in [0.4, 0.5) is 0 Å². The number of benzene rings is 1. The molecule has 21 heavy (non-hydrogen) atoms. The Kier molecular flexibility index (Phi) is 5.08. The minimum Gasteiger partial charge on any atom is -0.384 e. The van der Waals surface area contributed by atoms with E-state index < -0.39 is 0 Å². The molecular formula is C13H16ClN5OS. The molecule has 0 aliphatic carbocycles. The lowest BCUT2D eigenvalue weighted by molar-refractivity contribution is 0.604.